The van der Waals surface area contributed by atoms with E-state index in [0.717, 1.165) is 69.7 Å². The molecule has 2 N–H and O–H groups in total. The minimum atomic E-state index is -0.465. The van der Waals surface area contributed by atoms with Crippen LogP contribution in [0.15, 0.2) is 16.8 Å². The number of nitrogens with two attached hydrogens (primary N) is 1. The summed E-state index contributed by atoms with van der Waals surface area (Å²) in [7, 11) is 0. The Morgan fingerprint density at radius 2 is 2.04 bits per heavy atom. The van der Waals surface area contributed by atoms with E-state index in [1.807, 2.05) is 6.21 Å². The molecule has 1 saturated carbocycles. The standard InChI is InChI=1S/C17H25BN4O/c19-10-15(11-21-17(12-23)4-1-5-17)14-2-6-22(7-3-14)16-8-18(9-16)13-20/h10-12,14,16H,1-9,19H2. The van der Waals surface area contributed by atoms with E-state index < -0.39 is 5.54 Å². The molecule has 2 aliphatic heterocycles. The molecule has 0 aromatic heterocycles. The van der Waals surface area contributed by atoms with Gasteiger partial charge < -0.3 is 15.4 Å². The van der Waals surface area contributed by atoms with Crippen molar-refractivity contribution in [1.29, 1.82) is 5.26 Å². The van der Waals surface area contributed by atoms with E-state index in [4.69, 9.17) is 11.0 Å². The molecular formula is C17H25BN4O. The Balaban J connectivity index is 1.51. The number of allylic oxidation sites excluding steroid dienone is 1. The largest absolute Gasteiger partial charge is 0.404 e. The van der Waals surface area contributed by atoms with E-state index in [1.165, 1.54) is 0 Å². The maximum absolute atomic E-state index is 11.2. The molecule has 0 amide bonds. The minimum absolute atomic E-state index is 0.270. The number of nitriles is 1. The van der Waals surface area contributed by atoms with Gasteiger partial charge in [-0.3, -0.25) is 4.99 Å². The fourth-order valence-corrected chi connectivity index (χ4v) is 3.89. The summed E-state index contributed by atoms with van der Waals surface area (Å²) in [6.07, 6.45) is 11.5. The van der Waals surface area contributed by atoms with Gasteiger partial charge in [0.2, 0.25) is 0 Å². The van der Waals surface area contributed by atoms with Crippen LogP contribution in [0, 0.1) is 17.1 Å². The van der Waals surface area contributed by atoms with Gasteiger partial charge >= 0.3 is 0 Å². The Kier molecular flexibility index (Phi) is 4.86. The number of aldehydes is 1. The molecule has 2 saturated heterocycles. The van der Waals surface area contributed by atoms with Gasteiger partial charge in [0.25, 0.3) is 6.71 Å². The first-order chi connectivity index (χ1) is 11.2. The Labute approximate surface area is 138 Å². The van der Waals surface area contributed by atoms with Gasteiger partial charge in [-0.1, -0.05) is 0 Å². The second kappa shape index (κ2) is 6.88. The fourth-order valence-electron chi connectivity index (χ4n) is 3.89. The number of rotatable bonds is 5. The quantitative estimate of drug-likeness (QED) is 0.475. The van der Waals surface area contributed by atoms with Crippen molar-refractivity contribution in [2.45, 2.75) is 56.3 Å². The lowest BCUT2D eigenvalue weighted by molar-refractivity contribution is -0.114. The number of nitrogens with zero attached hydrogens (tertiary/aromatic N) is 3. The van der Waals surface area contributed by atoms with Crippen molar-refractivity contribution in [2.75, 3.05) is 13.1 Å². The predicted molar refractivity (Wildman–Crippen MR) is 92.5 cm³/mol. The Morgan fingerprint density at radius 1 is 1.35 bits per heavy atom. The summed E-state index contributed by atoms with van der Waals surface area (Å²) in [6, 6.07) is 0.605. The van der Waals surface area contributed by atoms with Gasteiger partial charge in [0, 0.05) is 12.2 Å². The molecule has 3 aliphatic rings. The smallest absolute Gasteiger partial charge is 0.270 e. The molecule has 0 bridgehead atoms. The maximum Gasteiger partial charge on any atom is 0.270 e. The van der Waals surface area contributed by atoms with Gasteiger partial charge in [0.15, 0.2) is 0 Å². The van der Waals surface area contributed by atoms with Crippen LogP contribution in [0.5, 0.6) is 0 Å². The van der Waals surface area contributed by atoms with Crippen molar-refractivity contribution < 1.29 is 4.79 Å². The van der Waals surface area contributed by atoms with Crippen molar-refractivity contribution in [3.63, 3.8) is 0 Å². The van der Waals surface area contributed by atoms with E-state index in [1.54, 1.807) is 6.20 Å². The second-order valence-corrected chi connectivity index (χ2v) is 7.26. The average molecular weight is 312 g/mol. The van der Waals surface area contributed by atoms with Gasteiger partial charge in [0.05, 0.1) is 0 Å². The van der Waals surface area contributed by atoms with Crippen LogP contribution in [-0.2, 0) is 4.79 Å². The lowest BCUT2D eigenvalue weighted by Gasteiger charge is -2.43. The van der Waals surface area contributed by atoms with Gasteiger partial charge in [-0.2, -0.15) is 0 Å². The van der Waals surface area contributed by atoms with E-state index in [9.17, 15) is 4.79 Å². The zero-order valence-corrected chi connectivity index (χ0v) is 13.7. The SMILES string of the molecule is N#CB1CC(N2CCC(C(C=NC3(C=O)CCC3)=CN)CC2)C1. The number of hydrogen-bond acceptors (Lipinski definition) is 5. The summed E-state index contributed by atoms with van der Waals surface area (Å²) in [5.74, 6) is 2.80. The van der Waals surface area contributed by atoms with Gasteiger partial charge in [-0.25, -0.2) is 5.26 Å². The highest BCUT2D eigenvalue weighted by molar-refractivity contribution is 6.70. The van der Waals surface area contributed by atoms with Crippen molar-refractivity contribution >= 4 is 19.2 Å². The summed E-state index contributed by atoms with van der Waals surface area (Å²) in [5, 5.41) is 8.89. The maximum atomic E-state index is 11.2. The van der Waals surface area contributed by atoms with E-state index in [-0.39, 0.29) is 6.71 Å². The summed E-state index contributed by atoms with van der Waals surface area (Å²) in [6.45, 7) is 2.40. The minimum Gasteiger partial charge on any atom is -0.404 e. The molecule has 6 heteroatoms. The number of carbonyl (C=O) groups is 1. The summed E-state index contributed by atoms with van der Waals surface area (Å²) < 4.78 is 0. The summed E-state index contributed by atoms with van der Waals surface area (Å²) in [5.41, 5.74) is 6.42. The molecule has 3 rings (SSSR count). The van der Waals surface area contributed by atoms with E-state index in [0.29, 0.717) is 12.0 Å². The van der Waals surface area contributed by atoms with Crippen molar-refractivity contribution in [1.82, 2.24) is 4.90 Å². The number of aliphatic imine (C=N–C) groups is 1. The third-order valence-corrected chi connectivity index (χ3v) is 5.92. The molecule has 0 unspecified atom stereocenters. The lowest BCUT2D eigenvalue weighted by atomic mass is 9.34. The van der Waals surface area contributed by atoms with Crippen LogP contribution in [0.3, 0.4) is 0 Å². The van der Waals surface area contributed by atoms with Crippen molar-refractivity contribution in [3.8, 4) is 5.97 Å². The normalized spacial score (nSPS) is 26.6. The predicted octanol–water partition coefficient (Wildman–Crippen LogP) is 1.67. The number of hydrogen-bond donors (Lipinski definition) is 1. The molecule has 2 heterocycles. The lowest BCUT2D eigenvalue weighted by Crippen LogP contribution is -2.50. The van der Waals surface area contributed by atoms with Crippen LogP contribution < -0.4 is 5.73 Å². The Morgan fingerprint density at radius 3 is 2.52 bits per heavy atom. The van der Waals surface area contributed by atoms with Crippen LogP contribution in [0.1, 0.15) is 32.1 Å². The molecular weight excluding hydrogens is 287 g/mol. The molecule has 1 aliphatic carbocycles. The van der Waals surface area contributed by atoms with Gasteiger partial charge in [-0.15, -0.1) is 0 Å². The van der Waals surface area contributed by atoms with Crippen LogP contribution in [0.25, 0.3) is 0 Å². The van der Waals surface area contributed by atoms with E-state index >= 15 is 0 Å². The summed E-state index contributed by atoms with van der Waals surface area (Å²) in [4.78, 5) is 18.3. The molecule has 5 nitrogen and oxygen atoms in total. The molecule has 3 fully saturated rings. The highest BCUT2D eigenvalue weighted by Crippen LogP contribution is 2.35. The van der Waals surface area contributed by atoms with Crippen LogP contribution in [0.4, 0.5) is 0 Å². The number of carbonyl (C=O) groups excluding carboxylic acids is 1. The molecule has 122 valence electrons. The third kappa shape index (κ3) is 3.35. The first kappa shape index (κ1) is 16.3. The third-order valence-electron chi connectivity index (χ3n) is 5.92. The summed E-state index contributed by atoms with van der Waals surface area (Å²) >= 11 is 0. The molecule has 0 aromatic rings. The van der Waals surface area contributed by atoms with Gasteiger partial charge in [-0.05, 0) is 81.6 Å². The topological polar surface area (TPSA) is 82.5 Å². The second-order valence-electron chi connectivity index (χ2n) is 7.26. The van der Waals surface area contributed by atoms with Crippen molar-refractivity contribution in [3.05, 3.63) is 11.8 Å². The molecule has 0 radical (unpaired) electrons. The fraction of sp³-hybridized carbons (Fsp3) is 0.706. The van der Waals surface area contributed by atoms with Gasteiger partial charge in [0.1, 0.15) is 11.8 Å². The number of piperidine rings is 1. The highest BCUT2D eigenvalue weighted by atomic mass is 16.1. The monoisotopic (exact) mass is 312 g/mol. The first-order valence-electron chi connectivity index (χ1n) is 8.77. The molecule has 0 spiro atoms. The van der Waals surface area contributed by atoms with Crippen molar-refractivity contribution in [2.24, 2.45) is 16.6 Å². The van der Waals surface area contributed by atoms with Crippen LogP contribution >= 0.6 is 0 Å². The first-order valence-corrected chi connectivity index (χ1v) is 8.77. The molecule has 0 atom stereocenters. The Bertz CT molecular complexity index is 535. The molecule has 23 heavy (non-hydrogen) atoms. The zero-order chi connectivity index (χ0) is 16.3. The van der Waals surface area contributed by atoms with Crippen LogP contribution in [0.2, 0.25) is 12.6 Å². The highest BCUT2D eigenvalue weighted by Gasteiger charge is 2.39. The van der Waals surface area contributed by atoms with Crippen LogP contribution in [-0.4, -0.2) is 48.8 Å². The molecule has 0 aromatic carbocycles. The zero-order valence-electron chi connectivity index (χ0n) is 13.7. The Hall–Kier alpha value is -1.61. The number of likely N-dealkylation sites (tertiary alicyclic amines) is 1. The van der Waals surface area contributed by atoms with E-state index in [2.05, 4.69) is 15.9 Å². The average Bonchev–Trinajstić information content (AvgIpc) is 2.50.